The average molecular weight is 253 g/mol. The van der Waals surface area contributed by atoms with E-state index in [1.165, 1.54) is 6.07 Å². The van der Waals surface area contributed by atoms with Crippen LogP contribution in [0.1, 0.15) is 0 Å². The molecule has 0 saturated heterocycles. The molecule has 0 aliphatic carbocycles. The minimum Gasteiger partial charge on any atom is -0.497 e. The monoisotopic (exact) mass is 253 g/mol. The summed E-state index contributed by atoms with van der Waals surface area (Å²) in [6.45, 7) is 0. The zero-order valence-corrected chi connectivity index (χ0v) is 10.4. The van der Waals surface area contributed by atoms with Gasteiger partial charge in [-0.2, -0.15) is 4.39 Å². The van der Waals surface area contributed by atoms with E-state index in [-0.39, 0.29) is 0 Å². The van der Waals surface area contributed by atoms with Crippen LogP contribution in [0.4, 0.5) is 4.39 Å². The fourth-order valence-corrected chi connectivity index (χ4v) is 2.15. The van der Waals surface area contributed by atoms with Gasteiger partial charge in [-0.1, -0.05) is 30.3 Å². The molecule has 3 rings (SSSR count). The van der Waals surface area contributed by atoms with E-state index in [4.69, 9.17) is 4.74 Å². The van der Waals surface area contributed by atoms with Gasteiger partial charge in [0, 0.05) is 11.5 Å². The number of pyridine rings is 1. The smallest absolute Gasteiger partial charge is 0.214 e. The maximum atomic E-state index is 13.6. The van der Waals surface area contributed by atoms with Gasteiger partial charge in [0.2, 0.25) is 5.95 Å². The van der Waals surface area contributed by atoms with Gasteiger partial charge in [0.25, 0.3) is 0 Å². The Morgan fingerprint density at radius 1 is 1.00 bits per heavy atom. The molecule has 0 atom stereocenters. The van der Waals surface area contributed by atoms with Gasteiger partial charge in [0.05, 0.1) is 12.6 Å². The van der Waals surface area contributed by atoms with Crippen molar-refractivity contribution in [2.24, 2.45) is 0 Å². The molecule has 1 aromatic heterocycles. The van der Waals surface area contributed by atoms with Crippen LogP contribution >= 0.6 is 0 Å². The maximum Gasteiger partial charge on any atom is 0.214 e. The van der Waals surface area contributed by atoms with Crippen LogP contribution in [0.3, 0.4) is 0 Å². The summed E-state index contributed by atoms with van der Waals surface area (Å²) in [6.07, 6.45) is 0. The third-order valence-corrected chi connectivity index (χ3v) is 3.09. The number of fused-ring (bicyclic) bond motifs is 1. The number of methoxy groups -OCH3 is 1. The quantitative estimate of drug-likeness (QED) is 0.643. The number of halogens is 1. The van der Waals surface area contributed by atoms with Gasteiger partial charge in [0.15, 0.2) is 0 Å². The first kappa shape index (κ1) is 11.7. The van der Waals surface area contributed by atoms with Crippen LogP contribution in [0, 0.1) is 5.95 Å². The molecule has 0 bridgehead atoms. The lowest BCUT2D eigenvalue weighted by molar-refractivity contribution is 0.415. The highest BCUT2D eigenvalue weighted by atomic mass is 19.1. The summed E-state index contributed by atoms with van der Waals surface area (Å²) in [6, 6.07) is 16.6. The van der Waals surface area contributed by atoms with Crippen molar-refractivity contribution in [1.82, 2.24) is 4.98 Å². The van der Waals surface area contributed by atoms with Gasteiger partial charge in [-0.05, 0) is 29.3 Å². The first-order chi connectivity index (χ1) is 9.28. The molecule has 19 heavy (non-hydrogen) atoms. The van der Waals surface area contributed by atoms with E-state index >= 15 is 0 Å². The minimum atomic E-state index is -0.468. The number of rotatable bonds is 2. The van der Waals surface area contributed by atoms with Crippen LogP contribution in [0.15, 0.2) is 54.6 Å². The molecule has 3 heteroatoms. The normalized spacial score (nSPS) is 10.6. The molecule has 2 nitrogen and oxygen atoms in total. The SMILES string of the molecule is COc1ccc(-c2cc(F)nc3ccccc23)cc1. The largest absolute Gasteiger partial charge is 0.497 e. The lowest BCUT2D eigenvalue weighted by Crippen LogP contribution is -1.89. The molecule has 0 unspecified atom stereocenters. The summed E-state index contributed by atoms with van der Waals surface area (Å²) in [4.78, 5) is 3.90. The minimum absolute atomic E-state index is 0.468. The summed E-state index contributed by atoms with van der Waals surface area (Å²) in [5, 5.41) is 0.939. The van der Waals surface area contributed by atoms with Crippen molar-refractivity contribution >= 4 is 10.9 Å². The molecule has 0 aliphatic heterocycles. The van der Waals surface area contributed by atoms with E-state index in [0.717, 1.165) is 22.3 Å². The van der Waals surface area contributed by atoms with E-state index in [1.807, 2.05) is 48.5 Å². The van der Waals surface area contributed by atoms with Crippen LogP contribution in [0.2, 0.25) is 0 Å². The van der Waals surface area contributed by atoms with Crippen LogP contribution in [-0.2, 0) is 0 Å². The van der Waals surface area contributed by atoms with E-state index in [1.54, 1.807) is 7.11 Å². The van der Waals surface area contributed by atoms with Gasteiger partial charge < -0.3 is 4.74 Å². The van der Waals surface area contributed by atoms with E-state index in [2.05, 4.69) is 4.98 Å². The molecule has 0 fully saturated rings. The standard InChI is InChI=1S/C16H12FNO/c1-19-12-8-6-11(7-9-12)14-10-16(17)18-15-5-3-2-4-13(14)15/h2-10H,1H3. The van der Waals surface area contributed by atoms with Crippen LogP contribution in [0.25, 0.3) is 22.0 Å². The second kappa shape index (κ2) is 4.69. The molecule has 3 aromatic rings. The lowest BCUT2D eigenvalue weighted by Gasteiger charge is -2.07. The molecular weight excluding hydrogens is 241 g/mol. The van der Waals surface area contributed by atoms with Crippen LogP contribution < -0.4 is 4.74 Å². The zero-order valence-electron chi connectivity index (χ0n) is 10.4. The molecular formula is C16H12FNO. The molecule has 0 N–H and O–H groups in total. The van der Waals surface area contributed by atoms with E-state index < -0.39 is 5.95 Å². The summed E-state index contributed by atoms with van der Waals surface area (Å²) in [7, 11) is 1.62. The Morgan fingerprint density at radius 3 is 2.47 bits per heavy atom. The zero-order chi connectivity index (χ0) is 13.2. The van der Waals surface area contributed by atoms with E-state index in [9.17, 15) is 4.39 Å². The number of benzene rings is 2. The van der Waals surface area contributed by atoms with Crippen molar-refractivity contribution in [3.8, 4) is 16.9 Å². The molecule has 0 amide bonds. The van der Waals surface area contributed by atoms with Crippen molar-refractivity contribution in [2.45, 2.75) is 0 Å². The van der Waals surface area contributed by atoms with Crippen molar-refractivity contribution in [1.29, 1.82) is 0 Å². The molecule has 94 valence electrons. The van der Waals surface area contributed by atoms with Gasteiger partial charge in [0.1, 0.15) is 5.75 Å². The van der Waals surface area contributed by atoms with Crippen molar-refractivity contribution in [3.05, 3.63) is 60.5 Å². The third-order valence-electron chi connectivity index (χ3n) is 3.09. The Bertz CT molecular complexity index is 722. The second-order valence-electron chi connectivity index (χ2n) is 4.24. The Morgan fingerprint density at radius 2 is 1.74 bits per heavy atom. The fourth-order valence-electron chi connectivity index (χ4n) is 2.15. The van der Waals surface area contributed by atoms with Gasteiger partial charge in [-0.15, -0.1) is 0 Å². The highest BCUT2D eigenvalue weighted by Crippen LogP contribution is 2.29. The Labute approximate surface area is 110 Å². The van der Waals surface area contributed by atoms with Crippen molar-refractivity contribution < 1.29 is 9.13 Å². The maximum absolute atomic E-state index is 13.6. The van der Waals surface area contributed by atoms with E-state index in [0.29, 0.717) is 5.52 Å². The van der Waals surface area contributed by atoms with Crippen molar-refractivity contribution in [2.75, 3.05) is 7.11 Å². The number of ether oxygens (including phenoxy) is 1. The van der Waals surface area contributed by atoms with Gasteiger partial charge >= 0.3 is 0 Å². The first-order valence-electron chi connectivity index (χ1n) is 5.97. The van der Waals surface area contributed by atoms with Crippen LogP contribution in [0.5, 0.6) is 5.75 Å². The second-order valence-corrected chi connectivity index (χ2v) is 4.24. The summed E-state index contributed by atoms with van der Waals surface area (Å²) in [5.74, 6) is 0.312. The summed E-state index contributed by atoms with van der Waals surface area (Å²) >= 11 is 0. The third kappa shape index (κ3) is 2.15. The fraction of sp³-hybridized carbons (Fsp3) is 0.0625. The predicted molar refractivity (Wildman–Crippen MR) is 73.7 cm³/mol. The molecule has 0 spiro atoms. The predicted octanol–water partition coefficient (Wildman–Crippen LogP) is 4.05. The molecule has 0 radical (unpaired) electrons. The highest BCUT2D eigenvalue weighted by Gasteiger charge is 2.07. The number of aromatic nitrogens is 1. The lowest BCUT2D eigenvalue weighted by atomic mass is 10.0. The van der Waals surface area contributed by atoms with Crippen molar-refractivity contribution in [3.63, 3.8) is 0 Å². The number of para-hydroxylation sites is 1. The Balaban J connectivity index is 2.22. The molecule has 0 saturated carbocycles. The van der Waals surface area contributed by atoms with Gasteiger partial charge in [-0.25, -0.2) is 4.98 Å². The average Bonchev–Trinajstić information content (AvgIpc) is 2.46. The Kier molecular flexibility index (Phi) is 2.88. The summed E-state index contributed by atoms with van der Waals surface area (Å²) in [5.41, 5.74) is 2.44. The molecule has 0 aliphatic rings. The highest BCUT2D eigenvalue weighted by molar-refractivity contribution is 5.94. The number of hydrogen-bond acceptors (Lipinski definition) is 2. The van der Waals surface area contributed by atoms with Crippen LogP contribution in [-0.4, -0.2) is 12.1 Å². The molecule has 2 aromatic carbocycles. The topological polar surface area (TPSA) is 22.1 Å². The first-order valence-corrected chi connectivity index (χ1v) is 5.97. The summed E-state index contributed by atoms with van der Waals surface area (Å²) < 4.78 is 18.7. The molecule has 1 heterocycles. The number of nitrogens with zero attached hydrogens (tertiary/aromatic N) is 1. The number of hydrogen-bond donors (Lipinski definition) is 0. The Hall–Kier alpha value is -2.42. The van der Waals surface area contributed by atoms with Gasteiger partial charge in [-0.3, -0.25) is 0 Å².